The largest absolute Gasteiger partial charge is 0.354 e. The van der Waals surface area contributed by atoms with Crippen LogP contribution in [0, 0.1) is 0 Å². The number of halogens is 1. The second kappa shape index (κ2) is 3.78. The van der Waals surface area contributed by atoms with E-state index in [4.69, 9.17) is 4.74 Å². The summed E-state index contributed by atoms with van der Waals surface area (Å²) in [7, 11) is 0. The zero-order chi connectivity index (χ0) is 9.26. The molecule has 13 heavy (non-hydrogen) atoms. The summed E-state index contributed by atoms with van der Waals surface area (Å²) in [4.78, 5) is 0. The van der Waals surface area contributed by atoms with Crippen LogP contribution >= 0.6 is 15.9 Å². The van der Waals surface area contributed by atoms with Gasteiger partial charge in [0.05, 0.1) is 6.10 Å². The van der Waals surface area contributed by atoms with Gasteiger partial charge in [-0.15, -0.1) is 0 Å². The van der Waals surface area contributed by atoms with Crippen LogP contribution in [0.3, 0.4) is 0 Å². The van der Waals surface area contributed by atoms with Crippen molar-refractivity contribution in [1.82, 2.24) is 5.32 Å². The van der Waals surface area contributed by atoms with Crippen LogP contribution in [0.2, 0.25) is 0 Å². The molecule has 2 rings (SSSR count). The maximum atomic E-state index is 5.66. The van der Waals surface area contributed by atoms with Crippen molar-refractivity contribution < 1.29 is 4.74 Å². The van der Waals surface area contributed by atoms with Gasteiger partial charge in [0, 0.05) is 11.0 Å². The number of benzene rings is 1. The second-order valence-corrected chi connectivity index (χ2v) is 4.14. The molecular weight excluding hydrogens is 230 g/mol. The van der Waals surface area contributed by atoms with E-state index in [-0.39, 0.29) is 12.3 Å². The Morgan fingerprint density at radius 1 is 1.38 bits per heavy atom. The zero-order valence-corrected chi connectivity index (χ0v) is 9.04. The predicted molar refractivity (Wildman–Crippen MR) is 55.4 cm³/mol. The van der Waals surface area contributed by atoms with E-state index in [1.807, 2.05) is 19.1 Å². The molecule has 0 bridgehead atoms. The van der Waals surface area contributed by atoms with Crippen LogP contribution in [0.5, 0.6) is 0 Å². The summed E-state index contributed by atoms with van der Waals surface area (Å²) in [6.07, 6.45) is 0.386. The van der Waals surface area contributed by atoms with Crippen LogP contribution in [0.4, 0.5) is 0 Å². The summed E-state index contributed by atoms with van der Waals surface area (Å²) in [5.74, 6) is 0. The van der Waals surface area contributed by atoms with Gasteiger partial charge in [0.2, 0.25) is 0 Å². The molecule has 3 heteroatoms. The van der Waals surface area contributed by atoms with Gasteiger partial charge in [-0.05, 0) is 24.6 Å². The minimum absolute atomic E-state index is 0.175. The molecule has 1 aliphatic heterocycles. The smallest absolute Gasteiger partial charge is 0.106 e. The standard InChI is InChI=1S/C10H12BrNO/c1-7-12-6-10(13-7)8-2-4-9(11)5-3-8/h2-5,7,10,12H,6H2,1H3. The third kappa shape index (κ3) is 2.10. The van der Waals surface area contributed by atoms with E-state index in [1.165, 1.54) is 5.56 Å². The van der Waals surface area contributed by atoms with Crippen molar-refractivity contribution in [2.75, 3.05) is 6.54 Å². The van der Waals surface area contributed by atoms with Crippen LogP contribution < -0.4 is 5.32 Å². The SMILES string of the molecule is CC1NCC(c2ccc(Br)cc2)O1. The van der Waals surface area contributed by atoms with Gasteiger partial charge >= 0.3 is 0 Å². The van der Waals surface area contributed by atoms with E-state index in [9.17, 15) is 0 Å². The summed E-state index contributed by atoms with van der Waals surface area (Å²) in [6, 6.07) is 8.27. The molecule has 2 atom stereocenters. The molecule has 0 amide bonds. The lowest BCUT2D eigenvalue weighted by atomic mass is 10.1. The average Bonchev–Trinajstić information content (AvgIpc) is 2.53. The molecule has 1 aromatic carbocycles. The third-order valence-electron chi connectivity index (χ3n) is 2.20. The van der Waals surface area contributed by atoms with Crippen molar-refractivity contribution in [3.05, 3.63) is 34.3 Å². The molecule has 0 aliphatic carbocycles. The van der Waals surface area contributed by atoms with E-state index >= 15 is 0 Å². The minimum atomic E-state index is 0.175. The maximum Gasteiger partial charge on any atom is 0.106 e. The highest BCUT2D eigenvalue weighted by molar-refractivity contribution is 9.10. The Balaban J connectivity index is 2.13. The summed E-state index contributed by atoms with van der Waals surface area (Å²) in [5.41, 5.74) is 1.24. The van der Waals surface area contributed by atoms with Gasteiger partial charge < -0.3 is 4.74 Å². The van der Waals surface area contributed by atoms with Crippen molar-refractivity contribution in [3.8, 4) is 0 Å². The Morgan fingerprint density at radius 3 is 2.62 bits per heavy atom. The second-order valence-electron chi connectivity index (χ2n) is 3.23. The van der Waals surface area contributed by atoms with Crippen molar-refractivity contribution in [2.24, 2.45) is 0 Å². The maximum absolute atomic E-state index is 5.66. The van der Waals surface area contributed by atoms with Crippen LogP contribution in [0.1, 0.15) is 18.6 Å². The highest BCUT2D eigenvalue weighted by atomic mass is 79.9. The lowest BCUT2D eigenvalue weighted by Gasteiger charge is -2.09. The molecule has 1 aliphatic rings. The molecule has 2 unspecified atom stereocenters. The van der Waals surface area contributed by atoms with Crippen LogP contribution in [-0.4, -0.2) is 12.8 Å². The topological polar surface area (TPSA) is 21.3 Å². The van der Waals surface area contributed by atoms with Gasteiger partial charge in [0.1, 0.15) is 6.23 Å². The van der Waals surface area contributed by atoms with Crippen molar-refractivity contribution in [1.29, 1.82) is 0 Å². The molecule has 0 spiro atoms. The van der Waals surface area contributed by atoms with Gasteiger partial charge in [-0.25, -0.2) is 0 Å². The molecule has 0 saturated carbocycles. The predicted octanol–water partition coefficient (Wildman–Crippen LogP) is 2.46. The highest BCUT2D eigenvalue weighted by Crippen LogP contribution is 2.23. The van der Waals surface area contributed by atoms with Crippen LogP contribution in [0.15, 0.2) is 28.7 Å². The molecule has 2 nitrogen and oxygen atoms in total. The van der Waals surface area contributed by atoms with E-state index < -0.39 is 0 Å². The third-order valence-corrected chi connectivity index (χ3v) is 2.73. The summed E-state index contributed by atoms with van der Waals surface area (Å²) in [6.45, 7) is 2.93. The molecule has 1 aromatic rings. The van der Waals surface area contributed by atoms with E-state index in [0.717, 1.165) is 11.0 Å². The molecule has 1 saturated heterocycles. The lowest BCUT2D eigenvalue weighted by Crippen LogP contribution is -2.17. The van der Waals surface area contributed by atoms with E-state index in [1.54, 1.807) is 0 Å². The Hall–Kier alpha value is -0.380. The number of hydrogen-bond acceptors (Lipinski definition) is 2. The number of rotatable bonds is 1. The van der Waals surface area contributed by atoms with Gasteiger partial charge in [-0.1, -0.05) is 28.1 Å². The zero-order valence-electron chi connectivity index (χ0n) is 7.46. The fourth-order valence-electron chi connectivity index (χ4n) is 1.49. The highest BCUT2D eigenvalue weighted by Gasteiger charge is 2.21. The Labute approximate surface area is 86.4 Å². The fourth-order valence-corrected chi connectivity index (χ4v) is 1.75. The first-order valence-corrected chi connectivity index (χ1v) is 5.19. The first-order chi connectivity index (χ1) is 6.25. The Morgan fingerprint density at radius 2 is 2.08 bits per heavy atom. The number of hydrogen-bond donors (Lipinski definition) is 1. The quantitative estimate of drug-likeness (QED) is 0.816. The summed E-state index contributed by atoms with van der Waals surface area (Å²) < 4.78 is 6.77. The molecule has 0 radical (unpaired) electrons. The normalized spacial score (nSPS) is 27.8. The number of ether oxygens (including phenoxy) is 1. The van der Waals surface area contributed by atoms with Crippen molar-refractivity contribution in [2.45, 2.75) is 19.3 Å². The van der Waals surface area contributed by atoms with Gasteiger partial charge in [0.25, 0.3) is 0 Å². The monoisotopic (exact) mass is 241 g/mol. The fraction of sp³-hybridized carbons (Fsp3) is 0.400. The van der Waals surface area contributed by atoms with Crippen LogP contribution in [-0.2, 0) is 4.74 Å². The number of nitrogens with one attached hydrogen (secondary N) is 1. The average molecular weight is 242 g/mol. The Bertz CT molecular complexity index is 285. The molecule has 70 valence electrons. The molecular formula is C10H12BrNO. The first kappa shape index (κ1) is 9.19. The molecule has 1 heterocycles. The molecule has 1 N–H and O–H groups in total. The van der Waals surface area contributed by atoms with Crippen molar-refractivity contribution >= 4 is 15.9 Å². The van der Waals surface area contributed by atoms with Crippen molar-refractivity contribution in [3.63, 3.8) is 0 Å². The Kier molecular flexibility index (Phi) is 2.67. The minimum Gasteiger partial charge on any atom is -0.354 e. The molecule has 0 aromatic heterocycles. The first-order valence-electron chi connectivity index (χ1n) is 4.40. The molecule has 1 fully saturated rings. The van der Waals surface area contributed by atoms with E-state index in [0.29, 0.717) is 0 Å². The lowest BCUT2D eigenvalue weighted by molar-refractivity contribution is 0.0529. The van der Waals surface area contributed by atoms with Crippen LogP contribution in [0.25, 0.3) is 0 Å². The van der Waals surface area contributed by atoms with Gasteiger partial charge in [-0.3, -0.25) is 5.32 Å². The van der Waals surface area contributed by atoms with Gasteiger partial charge in [0.15, 0.2) is 0 Å². The van der Waals surface area contributed by atoms with Gasteiger partial charge in [-0.2, -0.15) is 0 Å². The summed E-state index contributed by atoms with van der Waals surface area (Å²) in [5, 5.41) is 3.25. The summed E-state index contributed by atoms with van der Waals surface area (Å²) >= 11 is 3.41. The van der Waals surface area contributed by atoms with E-state index in [2.05, 4.69) is 33.4 Å².